The fraction of sp³-hybridized carbons (Fsp3) is 0.438. The highest BCUT2D eigenvalue weighted by Crippen LogP contribution is 2.19. The lowest BCUT2D eigenvalue weighted by Crippen LogP contribution is -2.48. The summed E-state index contributed by atoms with van der Waals surface area (Å²) in [7, 11) is 0. The molecule has 1 fully saturated rings. The number of benzene rings is 1. The molecule has 1 aromatic heterocycles. The van der Waals surface area contributed by atoms with Crippen LogP contribution in [0.25, 0.3) is 11.4 Å². The van der Waals surface area contributed by atoms with Crippen LogP contribution in [-0.2, 0) is 11.3 Å². The molecule has 0 radical (unpaired) electrons. The van der Waals surface area contributed by atoms with E-state index in [4.69, 9.17) is 21.9 Å². The number of hydrogen-bond acceptors (Lipinski definition) is 6. The molecule has 0 spiro atoms. The van der Waals surface area contributed by atoms with Crippen LogP contribution >= 0.6 is 24.0 Å². The van der Waals surface area contributed by atoms with E-state index < -0.39 is 0 Å². The molecular formula is C16H21Cl2N5O2. The average molecular weight is 386 g/mol. The number of piperazine rings is 1. The Bertz CT molecular complexity index is 684. The SMILES string of the molecule is Cl.NCCC(=O)N1CCN(Cc2nc(-c3ccc(Cl)cc3)no2)CC1. The van der Waals surface area contributed by atoms with E-state index in [1.54, 1.807) is 12.1 Å². The first-order valence-corrected chi connectivity index (χ1v) is 8.32. The Hall–Kier alpha value is -1.67. The van der Waals surface area contributed by atoms with Crippen molar-refractivity contribution in [2.24, 2.45) is 5.73 Å². The zero-order chi connectivity index (χ0) is 16.9. The fourth-order valence-electron chi connectivity index (χ4n) is 2.66. The molecule has 0 bridgehead atoms. The van der Waals surface area contributed by atoms with Crippen molar-refractivity contribution < 1.29 is 9.32 Å². The Morgan fingerprint density at radius 3 is 2.52 bits per heavy atom. The highest BCUT2D eigenvalue weighted by atomic mass is 35.5. The Morgan fingerprint density at radius 1 is 1.20 bits per heavy atom. The molecule has 0 unspecified atom stereocenters. The second kappa shape index (κ2) is 9.15. The number of carbonyl (C=O) groups excluding carboxylic acids is 1. The number of rotatable bonds is 5. The molecule has 9 heteroatoms. The van der Waals surface area contributed by atoms with E-state index in [1.807, 2.05) is 17.0 Å². The summed E-state index contributed by atoms with van der Waals surface area (Å²) in [6.07, 6.45) is 0.411. The monoisotopic (exact) mass is 385 g/mol. The quantitative estimate of drug-likeness (QED) is 0.843. The van der Waals surface area contributed by atoms with Gasteiger partial charge in [0.1, 0.15) is 0 Å². The van der Waals surface area contributed by atoms with Crippen molar-refractivity contribution in [2.45, 2.75) is 13.0 Å². The van der Waals surface area contributed by atoms with Crippen molar-refractivity contribution in [1.29, 1.82) is 0 Å². The Kier molecular flexibility index (Phi) is 7.19. The molecule has 1 amide bonds. The number of nitrogens with two attached hydrogens (primary N) is 1. The van der Waals surface area contributed by atoms with Crippen LogP contribution in [0.4, 0.5) is 0 Å². The molecule has 0 saturated carbocycles. The van der Waals surface area contributed by atoms with E-state index in [9.17, 15) is 4.79 Å². The normalized spacial score (nSPS) is 15.0. The van der Waals surface area contributed by atoms with E-state index in [0.29, 0.717) is 49.3 Å². The number of hydrogen-bond donors (Lipinski definition) is 1. The van der Waals surface area contributed by atoms with Crippen molar-refractivity contribution in [3.05, 3.63) is 35.2 Å². The van der Waals surface area contributed by atoms with Crippen LogP contribution in [0.1, 0.15) is 12.3 Å². The first kappa shape index (κ1) is 19.7. The summed E-state index contributed by atoms with van der Waals surface area (Å²) in [5, 5.41) is 4.69. The van der Waals surface area contributed by atoms with E-state index in [2.05, 4.69) is 15.0 Å². The summed E-state index contributed by atoms with van der Waals surface area (Å²) < 4.78 is 5.33. The summed E-state index contributed by atoms with van der Waals surface area (Å²) in [5.41, 5.74) is 6.30. The lowest BCUT2D eigenvalue weighted by Gasteiger charge is -2.33. The number of amides is 1. The molecule has 1 aliphatic rings. The van der Waals surface area contributed by atoms with Gasteiger partial charge in [0.05, 0.1) is 6.54 Å². The third-order valence-corrected chi connectivity index (χ3v) is 4.26. The van der Waals surface area contributed by atoms with Crippen molar-refractivity contribution in [1.82, 2.24) is 19.9 Å². The summed E-state index contributed by atoms with van der Waals surface area (Å²) in [4.78, 5) is 20.3. The topological polar surface area (TPSA) is 88.5 Å². The first-order chi connectivity index (χ1) is 11.7. The van der Waals surface area contributed by atoms with Gasteiger partial charge in [-0.25, -0.2) is 0 Å². The van der Waals surface area contributed by atoms with Gasteiger partial charge in [0.15, 0.2) is 0 Å². The largest absolute Gasteiger partial charge is 0.340 e. The van der Waals surface area contributed by atoms with Gasteiger partial charge in [-0.15, -0.1) is 12.4 Å². The maximum atomic E-state index is 11.8. The van der Waals surface area contributed by atoms with Crippen molar-refractivity contribution in [3.63, 3.8) is 0 Å². The molecule has 1 aliphatic heterocycles. The van der Waals surface area contributed by atoms with E-state index in [0.717, 1.165) is 18.7 Å². The predicted octanol–water partition coefficient (Wildman–Crippen LogP) is 1.80. The molecule has 0 aliphatic carbocycles. The van der Waals surface area contributed by atoms with E-state index in [-0.39, 0.29) is 18.3 Å². The summed E-state index contributed by atoms with van der Waals surface area (Å²) >= 11 is 5.88. The first-order valence-electron chi connectivity index (χ1n) is 7.94. The van der Waals surface area contributed by atoms with Crippen LogP contribution < -0.4 is 5.73 Å². The van der Waals surface area contributed by atoms with Crippen molar-refractivity contribution in [2.75, 3.05) is 32.7 Å². The van der Waals surface area contributed by atoms with Gasteiger partial charge in [-0.05, 0) is 24.3 Å². The van der Waals surface area contributed by atoms with Crippen LogP contribution in [0.3, 0.4) is 0 Å². The summed E-state index contributed by atoms with van der Waals surface area (Å²) in [5.74, 6) is 1.25. The van der Waals surface area contributed by atoms with Gasteiger partial charge < -0.3 is 15.2 Å². The maximum absolute atomic E-state index is 11.8. The molecule has 1 aromatic carbocycles. The highest BCUT2D eigenvalue weighted by molar-refractivity contribution is 6.30. The minimum Gasteiger partial charge on any atom is -0.340 e. The van der Waals surface area contributed by atoms with Gasteiger partial charge in [-0.2, -0.15) is 4.98 Å². The van der Waals surface area contributed by atoms with Crippen molar-refractivity contribution >= 4 is 29.9 Å². The zero-order valence-electron chi connectivity index (χ0n) is 13.7. The average Bonchev–Trinajstić information content (AvgIpc) is 3.05. The molecule has 0 atom stereocenters. The van der Waals surface area contributed by atoms with E-state index >= 15 is 0 Å². The van der Waals surface area contributed by atoms with Gasteiger partial charge in [0, 0.05) is 49.7 Å². The smallest absolute Gasteiger partial charge is 0.241 e. The third kappa shape index (κ3) is 5.15. The Labute approximate surface area is 157 Å². The number of aromatic nitrogens is 2. The van der Waals surface area contributed by atoms with Gasteiger partial charge >= 0.3 is 0 Å². The number of halogens is 2. The lowest BCUT2D eigenvalue weighted by atomic mass is 10.2. The maximum Gasteiger partial charge on any atom is 0.241 e. The van der Waals surface area contributed by atoms with Crippen LogP contribution in [0.5, 0.6) is 0 Å². The van der Waals surface area contributed by atoms with Crippen molar-refractivity contribution in [3.8, 4) is 11.4 Å². The predicted molar refractivity (Wildman–Crippen MR) is 97.5 cm³/mol. The van der Waals surface area contributed by atoms with E-state index in [1.165, 1.54) is 0 Å². The highest BCUT2D eigenvalue weighted by Gasteiger charge is 2.22. The molecule has 7 nitrogen and oxygen atoms in total. The van der Waals surface area contributed by atoms with Gasteiger partial charge in [-0.1, -0.05) is 16.8 Å². The molecule has 3 rings (SSSR count). The molecule has 1 saturated heterocycles. The zero-order valence-corrected chi connectivity index (χ0v) is 15.3. The van der Waals surface area contributed by atoms with Gasteiger partial charge in [0.25, 0.3) is 0 Å². The van der Waals surface area contributed by atoms with Gasteiger partial charge in [-0.3, -0.25) is 9.69 Å². The summed E-state index contributed by atoms with van der Waals surface area (Å²) in [6.45, 7) is 3.96. The van der Waals surface area contributed by atoms with Crippen LogP contribution in [-0.4, -0.2) is 58.6 Å². The third-order valence-electron chi connectivity index (χ3n) is 4.01. The number of carbonyl (C=O) groups is 1. The van der Waals surface area contributed by atoms with Crippen LogP contribution in [0, 0.1) is 0 Å². The second-order valence-electron chi connectivity index (χ2n) is 5.71. The molecule has 2 aromatic rings. The molecule has 136 valence electrons. The fourth-order valence-corrected chi connectivity index (χ4v) is 2.79. The molecule has 2 N–H and O–H groups in total. The lowest BCUT2D eigenvalue weighted by molar-refractivity contribution is -0.132. The molecular weight excluding hydrogens is 365 g/mol. The standard InChI is InChI=1S/C16H20ClN5O2.ClH/c17-13-3-1-12(2-4-13)16-19-14(24-20-16)11-21-7-9-22(10-8-21)15(23)5-6-18;/h1-4H,5-11,18H2;1H. The second-order valence-corrected chi connectivity index (χ2v) is 6.15. The van der Waals surface area contributed by atoms with Crippen LogP contribution in [0.15, 0.2) is 28.8 Å². The summed E-state index contributed by atoms with van der Waals surface area (Å²) in [6, 6.07) is 7.31. The van der Waals surface area contributed by atoms with Crippen LogP contribution in [0.2, 0.25) is 5.02 Å². The van der Waals surface area contributed by atoms with Gasteiger partial charge in [0.2, 0.25) is 17.6 Å². The minimum atomic E-state index is 0. The molecule has 2 heterocycles. The minimum absolute atomic E-state index is 0. The number of nitrogens with zero attached hydrogens (tertiary/aromatic N) is 4. The Balaban J connectivity index is 0.00000225. The Morgan fingerprint density at radius 2 is 1.88 bits per heavy atom. The molecule has 25 heavy (non-hydrogen) atoms.